The minimum Gasteiger partial charge on any atom is -0.462 e. The van der Waals surface area contributed by atoms with Crippen molar-refractivity contribution in [3.63, 3.8) is 0 Å². The first-order chi connectivity index (χ1) is 12.0. The molecule has 2 rings (SSSR count). The molecule has 25 heavy (non-hydrogen) atoms. The van der Waals surface area contributed by atoms with E-state index < -0.39 is 18.0 Å². The Bertz CT molecular complexity index is 718. The largest absolute Gasteiger partial charge is 0.462 e. The number of carbonyl (C=O) groups is 2. The fourth-order valence-electron chi connectivity index (χ4n) is 2.21. The number of hydrogen-bond donors (Lipinski definition) is 3. The summed E-state index contributed by atoms with van der Waals surface area (Å²) in [6.45, 7) is 3.49. The zero-order valence-corrected chi connectivity index (χ0v) is 14.9. The third-order valence-corrected chi connectivity index (χ3v) is 4.41. The molecule has 0 aliphatic heterocycles. The maximum absolute atomic E-state index is 12.1. The monoisotopic (exact) mass is 363 g/mol. The van der Waals surface area contributed by atoms with Crippen molar-refractivity contribution in [1.82, 2.24) is 10.3 Å². The smallest absolute Gasteiger partial charge is 0.350 e. The summed E-state index contributed by atoms with van der Waals surface area (Å²) in [6, 6.07) is 8.66. The Balaban J connectivity index is 1.95. The lowest BCUT2D eigenvalue weighted by atomic mass is 10.1. The van der Waals surface area contributed by atoms with E-state index in [0.717, 1.165) is 16.9 Å². The molecular formula is C17H21N3O4S. The number of urea groups is 1. The lowest BCUT2D eigenvalue weighted by Crippen LogP contribution is -2.41. The Kier molecular flexibility index (Phi) is 6.91. The number of benzene rings is 1. The van der Waals surface area contributed by atoms with Gasteiger partial charge in [0.05, 0.1) is 24.9 Å². The second kappa shape index (κ2) is 9.14. The van der Waals surface area contributed by atoms with Gasteiger partial charge in [0, 0.05) is 0 Å². The third-order valence-electron chi connectivity index (χ3n) is 3.36. The maximum atomic E-state index is 12.1. The van der Waals surface area contributed by atoms with Crippen LogP contribution in [-0.2, 0) is 11.2 Å². The van der Waals surface area contributed by atoms with Crippen molar-refractivity contribution in [3.8, 4) is 0 Å². The number of aryl methyl sites for hydroxylation is 1. The van der Waals surface area contributed by atoms with E-state index in [-0.39, 0.29) is 13.2 Å². The quantitative estimate of drug-likeness (QED) is 0.656. The minimum atomic E-state index is -0.487. The number of aromatic nitrogens is 1. The van der Waals surface area contributed by atoms with E-state index in [1.165, 1.54) is 0 Å². The molecule has 0 aliphatic rings. The number of amides is 2. The van der Waals surface area contributed by atoms with E-state index in [1.807, 2.05) is 30.3 Å². The highest BCUT2D eigenvalue weighted by Crippen LogP contribution is 2.23. The summed E-state index contributed by atoms with van der Waals surface area (Å²) in [7, 11) is 0. The molecule has 0 unspecified atom stereocenters. The molecule has 8 heteroatoms. The van der Waals surface area contributed by atoms with Crippen molar-refractivity contribution in [2.75, 3.05) is 18.5 Å². The summed E-state index contributed by atoms with van der Waals surface area (Å²) in [5.41, 5.74) is 1.51. The highest BCUT2D eigenvalue weighted by atomic mass is 32.1. The average Bonchev–Trinajstić information content (AvgIpc) is 2.95. The second-order valence-electron chi connectivity index (χ2n) is 5.32. The van der Waals surface area contributed by atoms with Crippen molar-refractivity contribution in [2.24, 2.45) is 0 Å². The van der Waals surface area contributed by atoms with Crippen LogP contribution in [-0.4, -0.2) is 41.3 Å². The van der Waals surface area contributed by atoms with E-state index in [1.54, 1.807) is 13.8 Å². The summed E-state index contributed by atoms with van der Waals surface area (Å²) in [5.74, 6) is -0.455. The standard InChI is InChI=1S/C17H21N3O4S/c1-3-24-15(22)14-11(2)18-17(25-14)20-16(23)19-13(10-21)9-12-7-5-4-6-8-12/h4-8,13,21H,3,9-10H2,1-2H3,(H2,18,19,20,23)/t13-/m1/s1. The zero-order chi connectivity index (χ0) is 18.2. The van der Waals surface area contributed by atoms with Gasteiger partial charge in [-0.05, 0) is 25.8 Å². The van der Waals surface area contributed by atoms with Crippen molar-refractivity contribution in [2.45, 2.75) is 26.3 Å². The fraction of sp³-hybridized carbons (Fsp3) is 0.353. The minimum absolute atomic E-state index is 0.187. The number of anilines is 1. The van der Waals surface area contributed by atoms with Gasteiger partial charge in [0.15, 0.2) is 5.13 Å². The summed E-state index contributed by atoms with van der Waals surface area (Å²) >= 11 is 1.05. The molecule has 1 aromatic heterocycles. The number of ether oxygens (including phenoxy) is 1. The van der Waals surface area contributed by atoms with Gasteiger partial charge in [0.2, 0.25) is 0 Å². The molecule has 0 saturated carbocycles. The van der Waals surface area contributed by atoms with E-state index in [9.17, 15) is 14.7 Å². The highest BCUT2D eigenvalue weighted by molar-refractivity contribution is 7.17. The van der Waals surface area contributed by atoms with E-state index >= 15 is 0 Å². The zero-order valence-electron chi connectivity index (χ0n) is 14.1. The Hall–Kier alpha value is -2.45. The predicted molar refractivity (Wildman–Crippen MR) is 96.0 cm³/mol. The van der Waals surface area contributed by atoms with Gasteiger partial charge in [-0.15, -0.1) is 0 Å². The average molecular weight is 363 g/mol. The Morgan fingerprint density at radius 1 is 1.32 bits per heavy atom. The van der Waals surface area contributed by atoms with E-state index in [4.69, 9.17) is 4.74 Å². The first-order valence-electron chi connectivity index (χ1n) is 7.90. The Morgan fingerprint density at radius 2 is 2.04 bits per heavy atom. The van der Waals surface area contributed by atoms with Crippen LogP contribution >= 0.6 is 11.3 Å². The molecule has 7 nitrogen and oxygen atoms in total. The third kappa shape index (κ3) is 5.54. The summed E-state index contributed by atoms with van der Waals surface area (Å²) in [4.78, 5) is 28.4. The number of carbonyl (C=O) groups excluding carboxylic acids is 2. The van der Waals surface area contributed by atoms with Crippen LogP contribution in [0.2, 0.25) is 0 Å². The molecule has 3 N–H and O–H groups in total. The first-order valence-corrected chi connectivity index (χ1v) is 8.72. The van der Waals surface area contributed by atoms with Crippen LogP contribution in [0.3, 0.4) is 0 Å². The molecule has 0 spiro atoms. The van der Waals surface area contributed by atoms with Gasteiger partial charge in [-0.3, -0.25) is 5.32 Å². The number of nitrogens with one attached hydrogen (secondary N) is 2. The molecular weight excluding hydrogens is 342 g/mol. The van der Waals surface area contributed by atoms with Gasteiger partial charge in [0.25, 0.3) is 0 Å². The van der Waals surface area contributed by atoms with Crippen LogP contribution < -0.4 is 10.6 Å². The van der Waals surface area contributed by atoms with Crippen LogP contribution in [0.1, 0.15) is 27.9 Å². The molecule has 0 radical (unpaired) electrons. The van der Waals surface area contributed by atoms with Gasteiger partial charge in [-0.2, -0.15) is 0 Å². The van der Waals surface area contributed by atoms with Crippen LogP contribution in [0, 0.1) is 6.92 Å². The molecule has 134 valence electrons. The number of esters is 1. The number of rotatable bonds is 7. The molecule has 1 aromatic carbocycles. The van der Waals surface area contributed by atoms with E-state index in [2.05, 4.69) is 15.6 Å². The van der Waals surface area contributed by atoms with E-state index in [0.29, 0.717) is 22.1 Å². The molecule has 1 atom stereocenters. The SMILES string of the molecule is CCOC(=O)c1sc(NC(=O)N[C@@H](CO)Cc2ccccc2)nc1C. The maximum Gasteiger partial charge on any atom is 0.350 e. The lowest BCUT2D eigenvalue weighted by Gasteiger charge is -2.16. The Labute approximate surface area is 150 Å². The highest BCUT2D eigenvalue weighted by Gasteiger charge is 2.18. The summed E-state index contributed by atoms with van der Waals surface area (Å²) in [6.07, 6.45) is 0.510. The lowest BCUT2D eigenvalue weighted by molar-refractivity contribution is 0.0531. The molecule has 2 aromatic rings. The van der Waals surface area contributed by atoms with Crippen LogP contribution in [0.5, 0.6) is 0 Å². The van der Waals surface area contributed by atoms with Gasteiger partial charge in [0.1, 0.15) is 4.88 Å². The van der Waals surface area contributed by atoms with Crippen molar-refractivity contribution >= 4 is 28.5 Å². The number of hydrogen-bond acceptors (Lipinski definition) is 6. The molecule has 0 saturated heterocycles. The topological polar surface area (TPSA) is 101 Å². The van der Waals surface area contributed by atoms with Crippen LogP contribution in [0.25, 0.3) is 0 Å². The second-order valence-corrected chi connectivity index (χ2v) is 6.32. The van der Waals surface area contributed by atoms with Gasteiger partial charge in [-0.1, -0.05) is 41.7 Å². The van der Waals surface area contributed by atoms with Crippen molar-refractivity contribution in [1.29, 1.82) is 0 Å². The summed E-state index contributed by atoms with van der Waals surface area (Å²) < 4.78 is 4.95. The summed E-state index contributed by atoms with van der Waals surface area (Å²) in [5, 5.41) is 15.1. The molecule has 0 aliphatic carbocycles. The number of nitrogens with zero attached hydrogens (tertiary/aromatic N) is 1. The number of aliphatic hydroxyl groups excluding tert-OH is 1. The normalized spacial score (nSPS) is 11.6. The van der Waals surface area contributed by atoms with Gasteiger partial charge >= 0.3 is 12.0 Å². The Morgan fingerprint density at radius 3 is 2.68 bits per heavy atom. The molecule has 1 heterocycles. The molecule has 2 amide bonds. The van der Waals surface area contributed by atoms with Gasteiger partial charge < -0.3 is 15.2 Å². The number of thiazole rings is 1. The van der Waals surface area contributed by atoms with Crippen molar-refractivity contribution in [3.05, 3.63) is 46.5 Å². The predicted octanol–water partition coefficient (Wildman–Crippen LogP) is 2.35. The fourth-order valence-corrected chi connectivity index (χ4v) is 3.07. The first kappa shape index (κ1) is 18.9. The van der Waals surface area contributed by atoms with Crippen molar-refractivity contribution < 1.29 is 19.4 Å². The van der Waals surface area contributed by atoms with Gasteiger partial charge in [-0.25, -0.2) is 14.6 Å². The van der Waals surface area contributed by atoms with Crippen LogP contribution in [0.4, 0.5) is 9.93 Å². The molecule has 0 fully saturated rings. The molecule has 0 bridgehead atoms. The number of aliphatic hydroxyl groups is 1. The van der Waals surface area contributed by atoms with Crippen LogP contribution in [0.15, 0.2) is 30.3 Å².